The van der Waals surface area contributed by atoms with Crippen molar-refractivity contribution in [2.24, 2.45) is 5.92 Å². The molecular formula is C19H18ClF2NO3. The number of aliphatic hydroxyl groups is 1. The summed E-state index contributed by atoms with van der Waals surface area (Å²) in [6, 6.07) is 7.55. The van der Waals surface area contributed by atoms with Gasteiger partial charge in [-0.3, -0.25) is 4.79 Å². The van der Waals surface area contributed by atoms with E-state index in [-0.39, 0.29) is 22.3 Å². The summed E-state index contributed by atoms with van der Waals surface area (Å²) >= 11 is 5.85. The third-order valence-electron chi connectivity index (χ3n) is 4.62. The number of hydrogen-bond donors (Lipinski definition) is 2. The maximum absolute atomic E-state index is 14.1. The molecule has 0 aromatic heterocycles. The Labute approximate surface area is 154 Å². The fraction of sp³-hybridized carbons (Fsp3) is 0.316. The van der Waals surface area contributed by atoms with Crippen LogP contribution in [0.2, 0.25) is 5.02 Å². The minimum Gasteiger partial charge on any atom is -0.494 e. The van der Waals surface area contributed by atoms with E-state index in [2.05, 4.69) is 5.32 Å². The van der Waals surface area contributed by atoms with Gasteiger partial charge in [-0.15, -0.1) is 0 Å². The Morgan fingerprint density at radius 3 is 2.58 bits per heavy atom. The molecule has 2 aromatic carbocycles. The Kier molecular flexibility index (Phi) is 5.44. The standard InChI is InChI=1S/C19H18ClF2NO3/c1-26-17-5-2-10(8-16(17)22)18(11-6-13(24)7-11)23-19(25)14-9-12(20)3-4-15(14)21/h2-5,8-9,11,13,18,24H,6-7H2,1H3,(H,23,25)/t11?,13?,18-/m1/s1. The van der Waals surface area contributed by atoms with Crippen LogP contribution < -0.4 is 10.1 Å². The van der Waals surface area contributed by atoms with Gasteiger partial charge in [0.2, 0.25) is 0 Å². The zero-order valence-electron chi connectivity index (χ0n) is 14.0. The highest BCUT2D eigenvalue weighted by atomic mass is 35.5. The van der Waals surface area contributed by atoms with E-state index in [1.807, 2.05) is 0 Å². The number of aliphatic hydroxyl groups excluding tert-OH is 1. The number of carbonyl (C=O) groups excluding carboxylic acids is 1. The second-order valence-corrected chi connectivity index (χ2v) is 6.79. The molecule has 1 fully saturated rings. The fourth-order valence-corrected chi connectivity index (χ4v) is 3.31. The molecule has 4 nitrogen and oxygen atoms in total. The molecule has 0 aliphatic heterocycles. The van der Waals surface area contributed by atoms with Gasteiger partial charge in [-0.2, -0.15) is 0 Å². The molecule has 1 aliphatic rings. The first-order valence-corrected chi connectivity index (χ1v) is 8.54. The Hall–Kier alpha value is -2.18. The van der Waals surface area contributed by atoms with E-state index in [4.69, 9.17) is 16.3 Å². The molecule has 0 unspecified atom stereocenters. The average molecular weight is 382 g/mol. The van der Waals surface area contributed by atoms with E-state index in [1.165, 1.54) is 31.4 Å². The summed E-state index contributed by atoms with van der Waals surface area (Å²) in [6.45, 7) is 0. The van der Waals surface area contributed by atoms with Gasteiger partial charge in [-0.25, -0.2) is 8.78 Å². The lowest BCUT2D eigenvalue weighted by molar-refractivity contribution is 0.0234. The molecule has 0 heterocycles. The molecule has 0 bridgehead atoms. The number of hydrogen-bond acceptors (Lipinski definition) is 3. The minimum atomic E-state index is -0.694. The number of ether oxygens (including phenoxy) is 1. The van der Waals surface area contributed by atoms with E-state index >= 15 is 0 Å². The second-order valence-electron chi connectivity index (χ2n) is 6.35. The van der Waals surface area contributed by atoms with Crippen molar-refractivity contribution < 1.29 is 23.4 Å². The SMILES string of the molecule is COc1ccc([C@@H](NC(=O)c2cc(Cl)ccc2F)C2CC(O)C2)cc1F. The smallest absolute Gasteiger partial charge is 0.254 e. The van der Waals surface area contributed by atoms with Crippen LogP contribution in [0.3, 0.4) is 0 Å². The van der Waals surface area contributed by atoms with Gasteiger partial charge in [0.25, 0.3) is 5.91 Å². The van der Waals surface area contributed by atoms with Crippen LogP contribution in [0.15, 0.2) is 36.4 Å². The Bertz CT molecular complexity index is 824. The highest BCUT2D eigenvalue weighted by Gasteiger charge is 2.36. The number of rotatable bonds is 5. The van der Waals surface area contributed by atoms with Crippen LogP contribution in [0.4, 0.5) is 8.78 Å². The molecule has 1 amide bonds. The van der Waals surface area contributed by atoms with Crippen molar-refractivity contribution in [2.45, 2.75) is 25.0 Å². The van der Waals surface area contributed by atoms with Gasteiger partial charge in [0.15, 0.2) is 11.6 Å². The van der Waals surface area contributed by atoms with Crippen molar-refractivity contribution in [3.63, 3.8) is 0 Å². The fourth-order valence-electron chi connectivity index (χ4n) is 3.14. The molecule has 26 heavy (non-hydrogen) atoms. The Morgan fingerprint density at radius 2 is 1.96 bits per heavy atom. The highest BCUT2D eigenvalue weighted by molar-refractivity contribution is 6.31. The van der Waals surface area contributed by atoms with E-state index in [0.717, 1.165) is 6.07 Å². The van der Waals surface area contributed by atoms with E-state index in [0.29, 0.717) is 18.4 Å². The van der Waals surface area contributed by atoms with E-state index < -0.39 is 29.7 Å². The zero-order chi connectivity index (χ0) is 18.8. The molecule has 138 valence electrons. The summed E-state index contributed by atoms with van der Waals surface area (Å²) < 4.78 is 33.0. The van der Waals surface area contributed by atoms with Crippen LogP contribution in [0, 0.1) is 17.6 Å². The van der Waals surface area contributed by atoms with Gasteiger partial charge < -0.3 is 15.2 Å². The summed E-state index contributed by atoms with van der Waals surface area (Å²) in [7, 11) is 1.36. The first-order chi connectivity index (χ1) is 12.4. The molecule has 2 aromatic rings. The molecule has 2 N–H and O–H groups in total. The van der Waals surface area contributed by atoms with E-state index in [9.17, 15) is 18.7 Å². The summed E-state index contributed by atoms with van der Waals surface area (Å²) in [5.41, 5.74) is 0.340. The van der Waals surface area contributed by atoms with Crippen LogP contribution in [0.1, 0.15) is 34.8 Å². The molecule has 1 aliphatic carbocycles. The summed E-state index contributed by atoms with van der Waals surface area (Å²) in [5.74, 6) is -1.89. The Balaban J connectivity index is 1.88. The number of methoxy groups -OCH3 is 1. The van der Waals surface area contributed by atoms with Crippen LogP contribution in [0.5, 0.6) is 5.75 Å². The third kappa shape index (κ3) is 3.81. The maximum Gasteiger partial charge on any atom is 0.254 e. The van der Waals surface area contributed by atoms with Crippen LogP contribution >= 0.6 is 11.6 Å². The highest BCUT2D eigenvalue weighted by Crippen LogP contribution is 2.39. The molecular weight excluding hydrogens is 364 g/mol. The van der Waals surface area contributed by atoms with Gasteiger partial charge in [0.05, 0.1) is 24.8 Å². The molecule has 1 atom stereocenters. The number of carbonyl (C=O) groups is 1. The predicted molar refractivity (Wildman–Crippen MR) is 93.3 cm³/mol. The molecule has 0 radical (unpaired) electrons. The number of benzene rings is 2. The molecule has 3 rings (SSSR count). The lowest BCUT2D eigenvalue weighted by atomic mass is 9.75. The predicted octanol–water partition coefficient (Wildman–Crippen LogP) is 3.87. The number of amides is 1. The van der Waals surface area contributed by atoms with Crippen LogP contribution in [0.25, 0.3) is 0 Å². The topological polar surface area (TPSA) is 58.6 Å². The summed E-state index contributed by atoms with van der Waals surface area (Å²) in [4.78, 5) is 12.5. The molecule has 1 saturated carbocycles. The zero-order valence-corrected chi connectivity index (χ0v) is 14.8. The first kappa shape index (κ1) is 18.6. The van der Waals surface area contributed by atoms with Crippen molar-refractivity contribution in [1.82, 2.24) is 5.32 Å². The monoisotopic (exact) mass is 381 g/mol. The van der Waals surface area contributed by atoms with Gasteiger partial charge in [0.1, 0.15) is 5.82 Å². The van der Waals surface area contributed by atoms with Crippen LogP contribution in [-0.4, -0.2) is 24.2 Å². The van der Waals surface area contributed by atoms with Gasteiger partial charge in [-0.05, 0) is 54.7 Å². The maximum atomic E-state index is 14.1. The minimum absolute atomic E-state index is 0.0796. The summed E-state index contributed by atoms with van der Waals surface area (Å²) in [5, 5.41) is 12.6. The Morgan fingerprint density at radius 1 is 1.23 bits per heavy atom. The lowest BCUT2D eigenvalue weighted by Crippen LogP contribution is -2.41. The van der Waals surface area contributed by atoms with Crippen LogP contribution in [-0.2, 0) is 0 Å². The van der Waals surface area contributed by atoms with Gasteiger partial charge >= 0.3 is 0 Å². The first-order valence-electron chi connectivity index (χ1n) is 8.16. The van der Waals surface area contributed by atoms with Crippen molar-refractivity contribution in [3.05, 3.63) is 64.2 Å². The lowest BCUT2D eigenvalue weighted by Gasteiger charge is -2.38. The number of halogens is 3. The molecule has 0 saturated heterocycles. The number of nitrogens with one attached hydrogen (secondary N) is 1. The summed E-state index contributed by atoms with van der Waals surface area (Å²) in [6.07, 6.45) is 0.484. The normalized spacial score (nSPS) is 20.2. The average Bonchev–Trinajstić information content (AvgIpc) is 2.59. The van der Waals surface area contributed by atoms with E-state index in [1.54, 1.807) is 6.07 Å². The van der Waals surface area contributed by atoms with Crippen molar-refractivity contribution in [2.75, 3.05) is 7.11 Å². The van der Waals surface area contributed by atoms with Crippen molar-refractivity contribution in [3.8, 4) is 5.75 Å². The molecule has 0 spiro atoms. The second kappa shape index (κ2) is 7.60. The quantitative estimate of drug-likeness (QED) is 0.826. The van der Waals surface area contributed by atoms with Gasteiger partial charge in [-0.1, -0.05) is 17.7 Å². The largest absolute Gasteiger partial charge is 0.494 e. The van der Waals surface area contributed by atoms with Crippen molar-refractivity contribution >= 4 is 17.5 Å². The molecule has 7 heteroatoms. The third-order valence-corrected chi connectivity index (χ3v) is 4.85. The van der Waals surface area contributed by atoms with Crippen molar-refractivity contribution in [1.29, 1.82) is 0 Å². The van der Waals surface area contributed by atoms with Gasteiger partial charge in [0, 0.05) is 5.02 Å².